The third-order valence-electron chi connectivity index (χ3n) is 5.03. The Bertz CT molecular complexity index is 728. The Morgan fingerprint density at radius 1 is 1.31 bits per heavy atom. The maximum atomic E-state index is 13.0. The molecule has 0 aliphatic carbocycles. The quantitative estimate of drug-likeness (QED) is 0.763. The molecular weight excluding hydrogens is 328 g/mol. The maximum Gasteiger partial charge on any atom is 0.223 e. The summed E-state index contributed by atoms with van der Waals surface area (Å²) in [5.41, 5.74) is 1.08. The number of aromatic nitrogens is 3. The molecule has 1 aromatic carbocycles. The van der Waals surface area contributed by atoms with Gasteiger partial charge in [-0.05, 0) is 43.7 Å². The Hall–Kier alpha value is -2.37. The number of rotatable bonds is 7. The van der Waals surface area contributed by atoms with E-state index in [0.717, 1.165) is 55.9 Å². The van der Waals surface area contributed by atoms with Gasteiger partial charge in [0.2, 0.25) is 5.91 Å². The number of hydrogen-bond acceptors (Lipinski definition) is 4. The SMILES string of the molecule is CCCn1cnnc1C1CCCCN1C(=O)CCc1ccccc1OC. The van der Waals surface area contributed by atoms with E-state index in [4.69, 9.17) is 4.74 Å². The lowest BCUT2D eigenvalue weighted by molar-refractivity contribution is -0.135. The summed E-state index contributed by atoms with van der Waals surface area (Å²) in [5, 5.41) is 8.42. The normalized spacial score (nSPS) is 17.3. The molecule has 1 aromatic heterocycles. The topological polar surface area (TPSA) is 60.2 Å². The van der Waals surface area contributed by atoms with E-state index in [1.165, 1.54) is 0 Å². The lowest BCUT2D eigenvalue weighted by atomic mass is 9.99. The first-order chi connectivity index (χ1) is 12.7. The van der Waals surface area contributed by atoms with Crippen molar-refractivity contribution in [3.63, 3.8) is 0 Å². The van der Waals surface area contributed by atoms with Crippen LogP contribution in [0.15, 0.2) is 30.6 Å². The summed E-state index contributed by atoms with van der Waals surface area (Å²) in [6.45, 7) is 3.83. The van der Waals surface area contributed by atoms with E-state index >= 15 is 0 Å². The summed E-state index contributed by atoms with van der Waals surface area (Å²) in [6.07, 6.45) is 7.12. The molecule has 2 heterocycles. The number of likely N-dealkylation sites (tertiary alicyclic amines) is 1. The van der Waals surface area contributed by atoms with Crippen LogP contribution in [0.4, 0.5) is 0 Å². The number of para-hydroxylation sites is 1. The van der Waals surface area contributed by atoms with Gasteiger partial charge < -0.3 is 14.2 Å². The summed E-state index contributed by atoms with van der Waals surface area (Å²) < 4.78 is 7.49. The number of piperidine rings is 1. The molecule has 6 nitrogen and oxygen atoms in total. The summed E-state index contributed by atoms with van der Waals surface area (Å²) in [5.74, 6) is 1.96. The average molecular weight is 356 g/mol. The highest BCUT2D eigenvalue weighted by atomic mass is 16.5. The van der Waals surface area contributed by atoms with Crippen molar-refractivity contribution in [2.75, 3.05) is 13.7 Å². The van der Waals surface area contributed by atoms with E-state index in [0.29, 0.717) is 12.8 Å². The van der Waals surface area contributed by atoms with Crippen molar-refractivity contribution >= 4 is 5.91 Å². The van der Waals surface area contributed by atoms with Crippen molar-refractivity contribution in [3.8, 4) is 5.75 Å². The number of methoxy groups -OCH3 is 1. The van der Waals surface area contributed by atoms with Gasteiger partial charge in [-0.1, -0.05) is 25.1 Å². The standard InChI is InChI=1S/C20H28N4O2/c1-3-13-23-15-21-22-20(23)17-9-6-7-14-24(17)19(25)12-11-16-8-4-5-10-18(16)26-2/h4-5,8,10,15,17H,3,6-7,9,11-14H2,1-2H3. The van der Waals surface area contributed by atoms with Crippen molar-refractivity contribution in [1.82, 2.24) is 19.7 Å². The molecular formula is C20H28N4O2. The molecule has 0 saturated carbocycles. The van der Waals surface area contributed by atoms with Gasteiger partial charge in [-0.15, -0.1) is 10.2 Å². The molecule has 1 atom stereocenters. The molecule has 0 radical (unpaired) electrons. The van der Waals surface area contributed by atoms with Crippen LogP contribution < -0.4 is 4.74 Å². The van der Waals surface area contributed by atoms with Crippen LogP contribution in [-0.2, 0) is 17.8 Å². The van der Waals surface area contributed by atoms with Gasteiger partial charge in [0.1, 0.15) is 12.1 Å². The Balaban J connectivity index is 1.71. The van der Waals surface area contributed by atoms with E-state index in [1.807, 2.05) is 29.2 Å². The van der Waals surface area contributed by atoms with Crippen LogP contribution in [0.1, 0.15) is 56.5 Å². The minimum atomic E-state index is 0.0444. The van der Waals surface area contributed by atoms with Crippen LogP contribution in [0, 0.1) is 0 Å². The predicted molar refractivity (Wildman–Crippen MR) is 99.9 cm³/mol. The first-order valence-corrected chi connectivity index (χ1v) is 9.53. The number of aryl methyl sites for hydroxylation is 2. The molecule has 3 rings (SSSR count). The van der Waals surface area contributed by atoms with E-state index in [9.17, 15) is 4.79 Å². The molecule has 26 heavy (non-hydrogen) atoms. The molecule has 1 aliphatic heterocycles. The van der Waals surface area contributed by atoms with Crippen molar-refractivity contribution in [3.05, 3.63) is 42.0 Å². The lowest BCUT2D eigenvalue weighted by Gasteiger charge is -2.35. The molecule has 1 fully saturated rings. The predicted octanol–water partition coefficient (Wildman–Crippen LogP) is 3.38. The minimum Gasteiger partial charge on any atom is -0.496 e. The second-order valence-corrected chi connectivity index (χ2v) is 6.79. The van der Waals surface area contributed by atoms with Gasteiger partial charge in [0.15, 0.2) is 5.82 Å². The molecule has 1 unspecified atom stereocenters. The van der Waals surface area contributed by atoms with Gasteiger partial charge in [0.25, 0.3) is 0 Å². The highest BCUT2D eigenvalue weighted by molar-refractivity contribution is 5.77. The number of ether oxygens (including phenoxy) is 1. The van der Waals surface area contributed by atoms with Gasteiger partial charge in [-0.3, -0.25) is 4.79 Å². The van der Waals surface area contributed by atoms with Crippen LogP contribution in [0.3, 0.4) is 0 Å². The fourth-order valence-electron chi connectivity index (χ4n) is 3.73. The average Bonchev–Trinajstić information content (AvgIpc) is 3.14. The Morgan fingerprint density at radius 2 is 2.15 bits per heavy atom. The van der Waals surface area contributed by atoms with Gasteiger partial charge in [0, 0.05) is 19.5 Å². The number of hydrogen-bond donors (Lipinski definition) is 0. The van der Waals surface area contributed by atoms with Gasteiger partial charge >= 0.3 is 0 Å². The van der Waals surface area contributed by atoms with Crippen LogP contribution in [0.5, 0.6) is 5.75 Å². The number of carbonyl (C=O) groups is 1. The molecule has 1 aliphatic rings. The fourth-order valence-corrected chi connectivity index (χ4v) is 3.73. The summed E-state index contributed by atoms with van der Waals surface area (Å²) in [6, 6.07) is 7.95. The molecule has 0 N–H and O–H groups in total. The number of nitrogens with zero attached hydrogens (tertiary/aromatic N) is 4. The molecule has 0 spiro atoms. The van der Waals surface area contributed by atoms with Crippen LogP contribution in [0.25, 0.3) is 0 Å². The number of carbonyl (C=O) groups excluding carboxylic acids is 1. The molecule has 1 saturated heterocycles. The van der Waals surface area contributed by atoms with Crippen LogP contribution in [-0.4, -0.2) is 39.2 Å². The molecule has 0 bridgehead atoms. The van der Waals surface area contributed by atoms with Gasteiger partial charge in [-0.25, -0.2) is 0 Å². The summed E-state index contributed by atoms with van der Waals surface area (Å²) in [7, 11) is 1.67. The van der Waals surface area contributed by atoms with Crippen molar-refractivity contribution in [2.24, 2.45) is 0 Å². The third-order valence-corrected chi connectivity index (χ3v) is 5.03. The fraction of sp³-hybridized carbons (Fsp3) is 0.550. The first kappa shape index (κ1) is 18.4. The maximum absolute atomic E-state index is 13.0. The van der Waals surface area contributed by atoms with Gasteiger partial charge in [-0.2, -0.15) is 0 Å². The van der Waals surface area contributed by atoms with E-state index in [2.05, 4.69) is 21.7 Å². The monoisotopic (exact) mass is 356 g/mol. The third kappa shape index (κ3) is 4.06. The van der Waals surface area contributed by atoms with Crippen molar-refractivity contribution in [1.29, 1.82) is 0 Å². The molecule has 6 heteroatoms. The largest absolute Gasteiger partial charge is 0.496 e. The highest BCUT2D eigenvalue weighted by Gasteiger charge is 2.31. The van der Waals surface area contributed by atoms with E-state index in [1.54, 1.807) is 13.4 Å². The van der Waals surface area contributed by atoms with E-state index < -0.39 is 0 Å². The van der Waals surface area contributed by atoms with Crippen molar-refractivity contribution in [2.45, 2.75) is 58.0 Å². The van der Waals surface area contributed by atoms with Gasteiger partial charge in [0.05, 0.1) is 13.2 Å². The summed E-state index contributed by atoms with van der Waals surface area (Å²) in [4.78, 5) is 15.0. The zero-order chi connectivity index (χ0) is 18.4. The first-order valence-electron chi connectivity index (χ1n) is 9.53. The van der Waals surface area contributed by atoms with E-state index in [-0.39, 0.29) is 11.9 Å². The Labute approximate surface area is 155 Å². The molecule has 140 valence electrons. The zero-order valence-electron chi connectivity index (χ0n) is 15.7. The molecule has 1 amide bonds. The minimum absolute atomic E-state index is 0.0444. The number of benzene rings is 1. The van der Waals surface area contributed by atoms with Crippen LogP contribution in [0.2, 0.25) is 0 Å². The lowest BCUT2D eigenvalue weighted by Crippen LogP contribution is -2.39. The Morgan fingerprint density at radius 3 is 2.96 bits per heavy atom. The molecule has 2 aromatic rings. The highest BCUT2D eigenvalue weighted by Crippen LogP contribution is 2.31. The summed E-state index contributed by atoms with van der Waals surface area (Å²) >= 11 is 0. The number of amides is 1. The Kier molecular flexibility index (Phi) is 6.26. The van der Waals surface area contributed by atoms with Crippen LogP contribution >= 0.6 is 0 Å². The van der Waals surface area contributed by atoms with Crippen molar-refractivity contribution < 1.29 is 9.53 Å². The second-order valence-electron chi connectivity index (χ2n) is 6.79. The second kappa shape index (κ2) is 8.83. The smallest absolute Gasteiger partial charge is 0.223 e. The zero-order valence-corrected chi connectivity index (χ0v) is 15.7.